The third-order valence-corrected chi connectivity index (χ3v) is 5.09. The second kappa shape index (κ2) is 9.59. The number of rotatable bonds is 7. The van der Waals surface area contributed by atoms with Crippen molar-refractivity contribution in [2.45, 2.75) is 44.6 Å². The standard InChI is InChI=1S/C20H24BrFN2O3/c1-14(27-19-4-2-3-11-26-19)20-23-9-10-24(20)17(13-25)12-18(22)15-5-7-16(21)8-6-15/h5-10,12,14,17,19,25H,2-4,11,13H2,1H3/b18-12-. The average Bonchev–Trinajstić information content (AvgIpc) is 3.17. The van der Waals surface area contributed by atoms with E-state index in [9.17, 15) is 9.50 Å². The molecule has 5 nitrogen and oxygen atoms in total. The Balaban J connectivity index is 1.76. The molecule has 1 fully saturated rings. The predicted octanol–water partition coefficient (Wildman–Crippen LogP) is 4.79. The van der Waals surface area contributed by atoms with E-state index in [-0.39, 0.29) is 19.0 Å². The minimum Gasteiger partial charge on any atom is -0.394 e. The number of hydrogen-bond donors (Lipinski definition) is 1. The Morgan fingerprint density at radius 3 is 2.89 bits per heavy atom. The van der Waals surface area contributed by atoms with Gasteiger partial charge in [0.05, 0.1) is 12.6 Å². The summed E-state index contributed by atoms with van der Waals surface area (Å²) in [5, 5.41) is 9.83. The van der Waals surface area contributed by atoms with Crippen LogP contribution >= 0.6 is 15.9 Å². The van der Waals surface area contributed by atoms with Crippen LogP contribution < -0.4 is 0 Å². The lowest BCUT2D eigenvalue weighted by Gasteiger charge is -2.27. The zero-order chi connectivity index (χ0) is 19.2. The van der Waals surface area contributed by atoms with E-state index in [0.29, 0.717) is 18.0 Å². The molecule has 1 aliphatic heterocycles. The van der Waals surface area contributed by atoms with Gasteiger partial charge in [-0.25, -0.2) is 9.37 Å². The first-order chi connectivity index (χ1) is 13.1. The molecule has 0 amide bonds. The zero-order valence-electron chi connectivity index (χ0n) is 15.2. The van der Waals surface area contributed by atoms with Gasteiger partial charge in [0.25, 0.3) is 0 Å². The van der Waals surface area contributed by atoms with Crippen LogP contribution in [0.1, 0.15) is 49.7 Å². The SMILES string of the molecule is CC(OC1CCCCO1)c1nccn1C(/C=C(\F)c1ccc(Br)cc1)CO. The Morgan fingerprint density at radius 2 is 2.22 bits per heavy atom. The fourth-order valence-corrected chi connectivity index (χ4v) is 3.39. The molecule has 1 saturated heterocycles. The van der Waals surface area contributed by atoms with Crippen LogP contribution in [0.15, 0.2) is 47.2 Å². The molecule has 146 valence electrons. The van der Waals surface area contributed by atoms with Gasteiger partial charge < -0.3 is 19.1 Å². The summed E-state index contributed by atoms with van der Waals surface area (Å²) >= 11 is 3.34. The van der Waals surface area contributed by atoms with Gasteiger partial charge >= 0.3 is 0 Å². The number of hydrogen-bond acceptors (Lipinski definition) is 4. The van der Waals surface area contributed by atoms with Gasteiger partial charge in [-0.05, 0) is 44.4 Å². The van der Waals surface area contributed by atoms with Crippen molar-refractivity contribution in [2.75, 3.05) is 13.2 Å². The predicted molar refractivity (Wildman–Crippen MR) is 105 cm³/mol. The van der Waals surface area contributed by atoms with E-state index in [2.05, 4.69) is 20.9 Å². The number of aromatic nitrogens is 2. The topological polar surface area (TPSA) is 56.5 Å². The molecule has 0 radical (unpaired) electrons. The molecule has 3 atom stereocenters. The van der Waals surface area contributed by atoms with Crippen molar-refractivity contribution in [3.8, 4) is 0 Å². The molecular weight excluding hydrogens is 415 g/mol. The van der Waals surface area contributed by atoms with Crippen LogP contribution in [0.2, 0.25) is 0 Å². The highest BCUT2D eigenvalue weighted by Crippen LogP contribution is 2.27. The van der Waals surface area contributed by atoms with Crippen molar-refractivity contribution < 1.29 is 19.0 Å². The molecule has 1 aliphatic rings. The maximum atomic E-state index is 14.7. The van der Waals surface area contributed by atoms with Gasteiger partial charge in [-0.15, -0.1) is 0 Å². The van der Waals surface area contributed by atoms with Crippen molar-refractivity contribution in [3.05, 3.63) is 58.6 Å². The first kappa shape index (κ1) is 20.2. The molecule has 27 heavy (non-hydrogen) atoms. The highest BCUT2D eigenvalue weighted by atomic mass is 79.9. The fourth-order valence-electron chi connectivity index (χ4n) is 3.12. The number of ether oxygens (including phenoxy) is 2. The highest BCUT2D eigenvalue weighted by Gasteiger charge is 2.23. The van der Waals surface area contributed by atoms with Crippen LogP contribution in [-0.2, 0) is 9.47 Å². The van der Waals surface area contributed by atoms with Crippen LogP contribution in [0.3, 0.4) is 0 Å². The fraction of sp³-hybridized carbons (Fsp3) is 0.450. The van der Waals surface area contributed by atoms with Crippen LogP contribution in [0.25, 0.3) is 5.83 Å². The average molecular weight is 439 g/mol. The van der Waals surface area contributed by atoms with E-state index in [1.54, 1.807) is 41.2 Å². The van der Waals surface area contributed by atoms with E-state index in [1.807, 2.05) is 6.92 Å². The number of nitrogens with zero attached hydrogens (tertiary/aromatic N) is 2. The number of aliphatic hydroxyl groups excluding tert-OH is 1. The minimum atomic E-state index is -0.579. The summed E-state index contributed by atoms with van der Waals surface area (Å²) < 4.78 is 28.9. The molecule has 0 bridgehead atoms. The molecular formula is C20H24BrFN2O3. The summed E-state index contributed by atoms with van der Waals surface area (Å²) in [4.78, 5) is 4.36. The smallest absolute Gasteiger partial charge is 0.158 e. The monoisotopic (exact) mass is 438 g/mol. The molecule has 2 aromatic rings. The van der Waals surface area contributed by atoms with Crippen molar-refractivity contribution in [1.82, 2.24) is 9.55 Å². The van der Waals surface area contributed by atoms with Gasteiger partial charge in [0.2, 0.25) is 0 Å². The maximum absolute atomic E-state index is 14.7. The summed E-state index contributed by atoms with van der Waals surface area (Å²) in [7, 11) is 0. The number of aliphatic hydroxyl groups is 1. The van der Waals surface area contributed by atoms with Crippen molar-refractivity contribution >= 4 is 21.8 Å². The summed E-state index contributed by atoms with van der Waals surface area (Å²) in [5.41, 5.74) is 0.457. The molecule has 3 rings (SSSR count). The molecule has 2 heterocycles. The van der Waals surface area contributed by atoms with Crippen molar-refractivity contribution in [3.63, 3.8) is 0 Å². The summed E-state index contributed by atoms with van der Waals surface area (Å²) in [5.74, 6) is 0.230. The third-order valence-electron chi connectivity index (χ3n) is 4.56. The second-order valence-electron chi connectivity index (χ2n) is 6.54. The second-order valence-corrected chi connectivity index (χ2v) is 7.45. The van der Waals surface area contributed by atoms with Gasteiger partial charge in [0.1, 0.15) is 17.8 Å². The van der Waals surface area contributed by atoms with Crippen LogP contribution in [0, 0.1) is 0 Å². The zero-order valence-corrected chi connectivity index (χ0v) is 16.8. The lowest BCUT2D eigenvalue weighted by molar-refractivity contribution is -0.188. The summed E-state index contributed by atoms with van der Waals surface area (Å²) in [6, 6.07) is 6.35. The first-order valence-corrected chi connectivity index (χ1v) is 9.91. The Morgan fingerprint density at radius 1 is 1.44 bits per heavy atom. The number of benzene rings is 1. The largest absolute Gasteiger partial charge is 0.394 e. The van der Waals surface area contributed by atoms with Crippen LogP contribution in [0.4, 0.5) is 4.39 Å². The molecule has 0 aliphatic carbocycles. The van der Waals surface area contributed by atoms with E-state index in [1.165, 1.54) is 6.08 Å². The Labute approximate surface area is 167 Å². The van der Waals surface area contributed by atoms with Crippen molar-refractivity contribution in [2.24, 2.45) is 0 Å². The molecule has 0 saturated carbocycles. The minimum absolute atomic E-state index is 0.249. The lowest BCUT2D eigenvalue weighted by atomic mass is 10.1. The lowest BCUT2D eigenvalue weighted by Crippen LogP contribution is -2.25. The van der Waals surface area contributed by atoms with E-state index in [4.69, 9.17) is 9.47 Å². The van der Waals surface area contributed by atoms with E-state index >= 15 is 0 Å². The van der Waals surface area contributed by atoms with Crippen LogP contribution in [-0.4, -0.2) is 34.2 Å². The normalized spacial score (nSPS) is 20.4. The molecule has 1 N–H and O–H groups in total. The van der Waals surface area contributed by atoms with E-state index < -0.39 is 11.9 Å². The van der Waals surface area contributed by atoms with Gasteiger partial charge in [-0.3, -0.25) is 0 Å². The number of halogens is 2. The maximum Gasteiger partial charge on any atom is 0.158 e. The molecule has 7 heteroatoms. The molecule has 0 spiro atoms. The Bertz CT molecular complexity index is 757. The van der Waals surface area contributed by atoms with Gasteiger partial charge in [0.15, 0.2) is 6.29 Å². The Kier molecular flexibility index (Phi) is 7.18. The van der Waals surface area contributed by atoms with E-state index in [0.717, 1.165) is 23.7 Å². The quantitative estimate of drug-likeness (QED) is 0.674. The molecule has 1 aromatic heterocycles. The summed E-state index contributed by atoms with van der Waals surface area (Å²) in [6.45, 7) is 2.34. The molecule has 3 unspecified atom stereocenters. The van der Waals surface area contributed by atoms with Crippen molar-refractivity contribution in [1.29, 1.82) is 0 Å². The highest BCUT2D eigenvalue weighted by molar-refractivity contribution is 9.10. The Hall–Kier alpha value is -1.54. The van der Waals surface area contributed by atoms with Gasteiger partial charge in [-0.1, -0.05) is 28.1 Å². The summed E-state index contributed by atoms with van der Waals surface area (Å²) in [6.07, 6.45) is 7.16. The third kappa shape index (κ3) is 5.25. The van der Waals surface area contributed by atoms with Gasteiger partial charge in [-0.2, -0.15) is 0 Å². The number of imidazole rings is 1. The van der Waals surface area contributed by atoms with Gasteiger partial charge in [0, 0.05) is 29.0 Å². The first-order valence-electron chi connectivity index (χ1n) is 9.12. The van der Waals surface area contributed by atoms with Crippen LogP contribution in [0.5, 0.6) is 0 Å². The molecule has 1 aromatic carbocycles.